The van der Waals surface area contributed by atoms with Gasteiger partial charge in [0.1, 0.15) is 13.2 Å². The summed E-state index contributed by atoms with van der Waals surface area (Å²) in [5.41, 5.74) is 2.20. The molecular weight excluding hydrogens is 360 g/mol. The third-order valence-corrected chi connectivity index (χ3v) is 5.21. The SMILES string of the molecule is CSc1ccc(CN(C)CC(=O)N[C@H](C)c2ccc3c(c2)OCCO3)cc1. The Morgan fingerprint density at radius 1 is 1.15 bits per heavy atom. The summed E-state index contributed by atoms with van der Waals surface area (Å²) in [5.74, 6) is 1.50. The lowest BCUT2D eigenvalue weighted by atomic mass is 10.1. The first kappa shape index (κ1) is 19.6. The molecule has 1 atom stereocenters. The van der Waals surface area contributed by atoms with Crippen molar-refractivity contribution in [3.8, 4) is 11.5 Å². The molecule has 0 saturated heterocycles. The first-order chi connectivity index (χ1) is 13.0. The summed E-state index contributed by atoms with van der Waals surface area (Å²) in [7, 11) is 1.96. The highest BCUT2D eigenvalue weighted by molar-refractivity contribution is 7.98. The number of fused-ring (bicyclic) bond motifs is 1. The highest BCUT2D eigenvalue weighted by Crippen LogP contribution is 2.32. The van der Waals surface area contributed by atoms with Crippen LogP contribution in [0, 0.1) is 0 Å². The molecule has 1 amide bonds. The van der Waals surface area contributed by atoms with Gasteiger partial charge in [0.2, 0.25) is 5.91 Å². The number of hydrogen-bond acceptors (Lipinski definition) is 5. The standard InChI is InChI=1S/C21H26N2O3S/c1-15(17-6-9-19-20(12-17)26-11-10-25-19)22-21(24)14-23(2)13-16-4-7-18(27-3)8-5-16/h4-9,12,15H,10-11,13-14H2,1-3H3,(H,22,24)/t15-/m1/s1. The molecule has 0 bridgehead atoms. The van der Waals surface area contributed by atoms with Crippen LogP contribution in [-0.4, -0.2) is 43.9 Å². The number of nitrogens with zero attached hydrogens (tertiary/aromatic N) is 1. The smallest absolute Gasteiger partial charge is 0.234 e. The maximum absolute atomic E-state index is 12.4. The molecule has 5 nitrogen and oxygen atoms in total. The van der Waals surface area contributed by atoms with Gasteiger partial charge in [-0.05, 0) is 55.6 Å². The number of likely N-dealkylation sites (N-methyl/N-ethyl adjacent to an activating group) is 1. The van der Waals surface area contributed by atoms with Crippen LogP contribution in [0.1, 0.15) is 24.1 Å². The Balaban J connectivity index is 1.51. The van der Waals surface area contributed by atoms with Gasteiger partial charge in [-0.15, -0.1) is 11.8 Å². The van der Waals surface area contributed by atoms with Crippen LogP contribution in [0.25, 0.3) is 0 Å². The number of benzene rings is 2. The van der Waals surface area contributed by atoms with Crippen molar-refractivity contribution in [1.29, 1.82) is 0 Å². The van der Waals surface area contributed by atoms with Crippen LogP contribution >= 0.6 is 11.8 Å². The average molecular weight is 387 g/mol. The van der Waals surface area contributed by atoms with Gasteiger partial charge in [0.05, 0.1) is 12.6 Å². The zero-order valence-electron chi connectivity index (χ0n) is 16.0. The molecule has 0 unspecified atom stereocenters. The minimum atomic E-state index is -0.0948. The fraction of sp³-hybridized carbons (Fsp3) is 0.381. The Labute approximate surface area is 165 Å². The van der Waals surface area contributed by atoms with Crippen molar-refractivity contribution in [2.75, 3.05) is 33.1 Å². The van der Waals surface area contributed by atoms with E-state index in [0.717, 1.165) is 23.6 Å². The summed E-state index contributed by atoms with van der Waals surface area (Å²) in [6.07, 6.45) is 2.06. The van der Waals surface area contributed by atoms with Gasteiger partial charge in [0, 0.05) is 11.4 Å². The molecule has 3 rings (SSSR count). The van der Waals surface area contributed by atoms with Crippen LogP contribution in [0.2, 0.25) is 0 Å². The van der Waals surface area contributed by atoms with Gasteiger partial charge >= 0.3 is 0 Å². The van der Waals surface area contributed by atoms with Crippen LogP contribution in [0.4, 0.5) is 0 Å². The summed E-state index contributed by atoms with van der Waals surface area (Å²) < 4.78 is 11.2. The molecule has 0 aromatic heterocycles. The molecule has 1 heterocycles. The van der Waals surface area contributed by atoms with Crippen LogP contribution in [0.15, 0.2) is 47.4 Å². The van der Waals surface area contributed by atoms with E-state index in [0.29, 0.717) is 19.8 Å². The Morgan fingerprint density at radius 3 is 2.56 bits per heavy atom. The van der Waals surface area contributed by atoms with E-state index >= 15 is 0 Å². The number of rotatable bonds is 7. The molecule has 144 valence electrons. The minimum absolute atomic E-state index is 0.000577. The summed E-state index contributed by atoms with van der Waals surface area (Å²) in [6.45, 7) is 4.19. The first-order valence-corrected chi connectivity index (χ1v) is 10.3. The Morgan fingerprint density at radius 2 is 1.85 bits per heavy atom. The number of nitrogens with one attached hydrogen (secondary N) is 1. The second kappa shape index (κ2) is 9.15. The second-order valence-electron chi connectivity index (χ2n) is 6.71. The van der Waals surface area contributed by atoms with Crippen molar-refractivity contribution >= 4 is 17.7 Å². The van der Waals surface area contributed by atoms with E-state index in [-0.39, 0.29) is 11.9 Å². The monoisotopic (exact) mass is 386 g/mol. The average Bonchev–Trinajstić information content (AvgIpc) is 2.68. The quantitative estimate of drug-likeness (QED) is 0.738. The number of carbonyl (C=O) groups is 1. The molecule has 6 heteroatoms. The maximum atomic E-state index is 12.4. The molecule has 2 aromatic carbocycles. The fourth-order valence-corrected chi connectivity index (χ4v) is 3.45. The molecule has 1 N–H and O–H groups in total. The van der Waals surface area contributed by atoms with Crippen molar-refractivity contribution < 1.29 is 14.3 Å². The second-order valence-corrected chi connectivity index (χ2v) is 7.59. The lowest BCUT2D eigenvalue weighted by Gasteiger charge is -2.22. The zero-order valence-corrected chi connectivity index (χ0v) is 16.8. The van der Waals surface area contributed by atoms with Gasteiger partial charge < -0.3 is 14.8 Å². The largest absolute Gasteiger partial charge is 0.486 e. The molecule has 0 saturated carbocycles. The van der Waals surface area contributed by atoms with E-state index in [2.05, 4.69) is 35.8 Å². The molecule has 27 heavy (non-hydrogen) atoms. The van der Waals surface area contributed by atoms with Crippen LogP contribution in [0.3, 0.4) is 0 Å². The third-order valence-electron chi connectivity index (χ3n) is 4.47. The molecule has 0 aliphatic carbocycles. The lowest BCUT2D eigenvalue weighted by Crippen LogP contribution is -2.36. The van der Waals surface area contributed by atoms with Crippen molar-refractivity contribution in [3.05, 3.63) is 53.6 Å². The Kier molecular flexibility index (Phi) is 6.63. The van der Waals surface area contributed by atoms with Crippen LogP contribution in [0.5, 0.6) is 11.5 Å². The van der Waals surface area contributed by atoms with E-state index in [4.69, 9.17) is 9.47 Å². The number of carbonyl (C=O) groups excluding carboxylic acids is 1. The topological polar surface area (TPSA) is 50.8 Å². The van der Waals surface area contributed by atoms with Crippen molar-refractivity contribution in [3.63, 3.8) is 0 Å². The van der Waals surface area contributed by atoms with Gasteiger partial charge in [0.25, 0.3) is 0 Å². The molecular formula is C21H26N2O3S. The summed E-state index contributed by atoms with van der Waals surface area (Å²) >= 11 is 1.73. The highest BCUT2D eigenvalue weighted by atomic mass is 32.2. The van der Waals surface area contributed by atoms with Gasteiger partial charge in [-0.2, -0.15) is 0 Å². The molecule has 1 aliphatic heterocycles. The number of hydrogen-bond donors (Lipinski definition) is 1. The van der Waals surface area contributed by atoms with E-state index in [1.54, 1.807) is 11.8 Å². The number of thioether (sulfide) groups is 1. The molecule has 1 aliphatic rings. The van der Waals surface area contributed by atoms with Crippen LogP contribution < -0.4 is 14.8 Å². The van der Waals surface area contributed by atoms with E-state index < -0.39 is 0 Å². The molecule has 0 spiro atoms. The normalized spacial score (nSPS) is 14.1. The predicted molar refractivity (Wildman–Crippen MR) is 109 cm³/mol. The molecule has 0 radical (unpaired) electrons. The van der Waals surface area contributed by atoms with Gasteiger partial charge in [-0.25, -0.2) is 0 Å². The summed E-state index contributed by atoms with van der Waals surface area (Å²) in [5, 5.41) is 3.06. The number of ether oxygens (including phenoxy) is 2. The van der Waals surface area contributed by atoms with E-state index in [1.807, 2.05) is 37.1 Å². The minimum Gasteiger partial charge on any atom is -0.486 e. The molecule has 2 aromatic rings. The number of amides is 1. The third kappa shape index (κ3) is 5.40. The summed E-state index contributed by atoms with van der Waals surface area (Å²) in [6, 6.07) is 14.1. The Bertz CT molecular complexity index is 779. The van der Waals surface area contributed by atoms with E-state index in [9.17, 15) is 4.79 Å². The molecule has 0 fully saturated rings. The van der Waals surface area contributed by atoms with Crippen molar-refractivity contribution in [1.82, 2.24) is 10.2 Å². The van der Waals surface area contributed by atoms with Gasteiger partial charge in [-0.3, -0.25) is 9.69 Å². The van der Waals surface area contributed by atoms with Crippen molar-refractivity contribution in [2.45, 2.75) is 24.4 Å². The first-order valence-electron chi connectivity index (χ1n) is 9.05. The highest BCUT2D eigenvalue weighted by Gasteiger charge is 2.16. The Hall–Kier alpha value is -2.18. The maximum Gasteiger partial charge on any atom is 0.234 e. The van der Waals surface area contributed by atoms with Crippen molar-refractivity contribution in [2.24, 2.45) is 0 Å². The zero-order chi connectivity index (χ0) is 19.2. The fourth-order valence-electron chi connectivity index (χ4n) is 3.04. The van der Waals surface area contributed by atoms with E-state index in [1.165, 1.54) is 10.5 Å². The lowest BCUT2D eigenvalue weighted by molar-refractivity contribution is -0.122. The van der Waals surface area contributed by atoms with Gasteiger partial charge in [0.15, 0.2) is 11.5 Å². The summed E-state index contributed by atoms with van der Waals surface area (Å²) in [4.78, 5) is 15.7. The predicted octanol–water partition coefficient (Wildman–Crippen LogP) is 3.49. The van der Waals surface area contributed by atoms with Gasteiger partial charge in [-0.1, -0.05) is 18.2 Å². The van der Waals surface area contributed by atoms with Crippen LogP contribution in [-0.2, 0) is 11.3 Å².